The average Bonchev–Trinajstić information content (AvgIpc) is 2.77. The molecule has 0 spiro atoms. The van der Waals surface area contributed by atoms with Crippen LogP contribution in [0.2, 0.25) is 0 Å². The van der Waals surface area contributed by atoms with Gasteiger partial charge in [-0.1, -0.05) is 25.1 Å². The third kappa shape index (κ3) is 5.08. The minimum Gasteiger partial charge on any atom is -0.493 e. The second kappa shape index (κ2) is 9.45. The van der Waals surface area contributed by atoms with Gasteiger partial charge in [-0.15, -0.1) is 0 Å². The van der Waals surface area contributed by atoms with E-state index < -0.39 is 0 Å². The molecule has 1 aliphatic rings. The summed E-state index contributed by atoms with van der Waals surface area (Å²) < 4.78 is 11.0. The summed E-state index contributed by atoms with van der Waals surface area (Å²) in [7, 11) is 1.58. The predicted molar refractivity (Wildman–Crippen MR) is 112 cm³/mol. The molecule has 0 atom stereocenters. The van der Waals surface area contributed by atoms with Crippen LogP contribution in [0.1, 0.15) is 28.4 Å². The zero-order valence-corrected chi connectivity index (χ0v) is 17.3. The largest absolute Gasteiger partial charge is 0.493 e. The van der Waals surface area contributed by atoms with Gasteiger partial charge in [0.1, 0.15) is 0 Å². The van der Waals surface area contributed by atoms with Crippen molar-refractivity contribution in [2.75, 3.05) is 39.9 Å². The van der Waals surface area contributed by atoms with Crippen molar-refractivity contribution >= 4 is 11.8 Å². The van der Waals surface area contributed by atoms with Crippen molar-refractivity contribution in [1.29, 1.82) is 0 Å². The Balaban J connectivity index is 1.51. The maximum absolute atomic E-state index is 12.7. The fourth-order valence-corrected chi connectivity index (χ4v) is 3.35. The van der Waals surface area contributed by atoms with E-state index in [0.717, 1.165) is 12.0 Å². The summed E-state index contributed by atoms with van der Waals surface area (Å²) >= 11 is 0. The van der Waals surface area contributed by atoms with Crippen LogP contribution in [0.15, 0.2) is 42.5 Å². The van der Waals surface area contributed by atoms with E-state index in [1.54, 1.807) is 16.9 Å². The van der Waals surface area contributed by atoms with E-state index in [1.807, 2.05) is 49.4 Å². The summed E-state index contributed by atoms with van der Waals surface area (Å²) in [4.78, 5) is 28.7. The molecule has 6 nitrogen and oxygen atoms in total. The molecular weight excluding hydrogens is 368 g/mol. The fraction of sp³-hybridized carbons (Fsp3) is 0.391. The monoisotopic (exact) mass is 396 g/mol. The molecule has 1 aliphatic heterocycles. The average molecular weight is 396 g/mol. The molecule has 0 radical (unpaired) electrons. The molecule has 0 aliphatic carbocycles. The molecule has 1 saturated heterocycles. The normalized spacial score (nSPS) is 13.9. The number of amides is 2. The molecule has 1 fully saturated rings. The van der Waals surface area contributed by atoms with E-state index in [-0.39, 0.29) is 18.4 Å². The topological polar surface area (TPSA) is 59.1 Å². The summed E-state index contributed by atoms with van der Waals surface area (Å²) in [5.74, 6) is 1.09. The van der Waals surface area contributed by atoms with Crippen molar-refractivity contribution in [2.45, 2.75) is 20.3 Å². The first-order chi connectivity index (χ1) is 14.0. The number of carbonyl (C=O) groups excluding carboxylic acids is 2. The number of hydrogen-bond donors (Lipinski definition) is 0. The molecule has 154 valence electrons. The van der Waals surface area contributed by atoms with Crippen molar-refractivity contribution in [3.8, 4) is 11.5 Å². The first-order valence-electron chi connectivity index (χ1n) is 9.95. The highest BCUT2D eigenvalue weighted by Crippen LogP contribution is 2.27. The molecule has 0 saturated carbocycles. The van der Waals surface area contributed by atoms with Gasteiger partial charge >= 0.3 is 0 Å². The van der Waals surface area contributed by atoms with Crippen molar-refractivity contribution in [3.63, 3.8) is 0 Å². The SMILES string of the molecule is CCc1ccc(C(=O)N2CCN(C(=O)COc3ccc(C)cc3OC)CC2)cc1. The van der Waals surface area contributed by atoms with Gasteiger partial charge in [0.05, 0.1) is 7.11 Å². The molecule has 6 heteroatoms. The number of benzene rings is 2. The van der Waals surface area contributed by atoms with Crippen LogP contribution >= 0.6 is 0 Å². The number of hydrogen-bond acceptors (Lipinski definition) is 4. The van der Waals surface area contributed by atoms with Crippen LogP contribution in [0.5, 0.6) is 11.5 Å². The van der Waals surface area contributed by atoms with Crippen LogP contribution in [0, 0.1) is 6.92 Å². The molecule has 0 aromatic heterocycles. The van der Waals surface area contributed by atoms with Gasteiger partial charge in [-0.05, 0) is 48.7 Å². The quantitative estimate of drug-likeness (QED) is 0.753. The van der Waals surface area contributed by atoms with E-state index in [1.165, 1.54) is 5.56 Å². The minimum atomic E-state index is -0.0907. The Morgan fingerprint density at radius 2 is 1.59 bits per heavy atom. The minimum absolute atomic E-state index is 0.0143. The van der Waals surface area contributed by atoms with Gasteiger partial charge in [-0.3, -0.25) is 9.59 Å². The second-order valence-electron chi connectivity index (χ2n) is 7.17. The van der Waals surface area contributed by atoms with Gasteiger partial charge in [0, 0.05) is 31.7 Å². The van der Waals surface area contributed by atoms with E-state index in [4.69, 9.17) is 9.47 Å². The predicted octanol–water partition coefficient (Wildman–Crippen LogP) is 2.93. The summed E-state index contributed by atoms with van der Waals surface area (Å²) in [5.41, 5.74) is 2.96. The fourth-order valence-electron chi connectivity index (χ4n) is 3.35. The second-order valence-corrected chi connectivity index (χ2v) is 7.17. The molecule has 2 amide bonds. The van der Waals surface area contributed by atoms with Crippen LogP contribution in [0.4, 0.5) is 0 Å². The third-order valence-electron chi connectivity index (χ3n) is 5.20. The van der Waals surface area contributed by atoms with E-state index in [2.05, 4.69) is 6.92 Å². The molecular formula is C23H28N2O4. The first kappa shape index (κ1) is 20.7. The molecule has 3 rings (SSSR count). The van der Waals surface area contributed by atoms with Gasteiger partial charge in [-0.25, -0.2) is 0 Å². The van der Waals surface area contributed by atoms with Crippen LogP contribution in [-0.2, 0) is 11.2 Å². The van der Waals surface area contributed by atoms with E-state index in [9.17, 15) is 9.59 Å². The first-order valence-corrected chi connectivity index (χ1v) is 9.95. The summed E-state index contributed by atoms with van der Waals surface area (Å²) in [6, 6.07) is 13.3. The Kier molecular flexibility index (Phi) is 6.75. The molecule has 29 heavy (non-hydrogen) atoms. The third-order valence-corrected chi connectivity index (χ3v) is 5.20. The number of methoxy groups -OCH3 is 1. The number of aryl methyl sites for hydroxylation is 2. The Morgan fingerprint density at radius 3 is 2.21 bits per heavy atom. The molecule has 1 heterocycles. The number of piperazine rings is 1. The number of ether oxygens (including phenoxy) is 2. The summed E-state index contributed by atoms with van der Waals surface area (Å²) in [5, 5.41) is 0. The maximum atomic E-state index is 12.7. The van der Waals surface area contributed by atoms with E-state index in [0.29, 0.717) is 43.2 Å². The molecule has 2 aromatic rings. The maximum Gasteiger partial charge on any atom is 0.260 e. The zero-order chi connectivity index (χ0) is 20.8. The van der Waals surface area contributed by atoms with Crippen molar-refractivity contribution in [3.05, 3.63) is 59.2 Å². The van der Waals surface area contributed by atoms with Gasteiger partial charge in [-0.2, -0.15) is 0 Å². The van der Waals surface area contributed by atoms with Crippen molar-refractivity contribution in [1.82, 2.24) is 9.80 Å². The highest BCUT2D eigenvalue weighted by molar-refractivity contribution is 5.94. The molecule has 0 N–H and O–H groups in total. The van der Waals surface area contributed by atoms with Crippen LogP contribution in [0.3, 0.4) is 0 Å². The molecule has 2 aromatic carbocycles. The zero-order valence-electron chi connectivity index (χ0n) is 17.3. The lowest BCUT2D eigenvalue weighted by Crippen LogP contribution is -2.51. The van der Waals surface area contributed by atoms with Gasteiger partial charge < -0.3 is 19.3 Å². The Morgan fingerprint density at radius 1 is 0.931 bits per heavy atom. The highest BCUT2D eigenvalue weighted by atomic mass is 16.5. The lowest BCUT2D eigenvalue weighted by molar-refractivity contribution is -0.134. The van der Waals surface area contributed by atoms with Gasteiger partial charge in [0.2, 0.25) is 0 Å². The Hall–Kier alpha value is -3.02. The van der Waals surface area contributed by atoms with Crippen LogP contribution in [-0.4, -0.2) is 61.5 Å². The highest BCUT2D eigenvalue weighted by Gasteiger charge is 2.25. The van der Waals surface area contributed by atoms with Crippen molar-refractivity contribution in [2.24, 2.45) is 0 Å². The summed E-state index contributed by atoms with van der Waals surface area (Å²) in [6.07, 6.45) is 0.950. The lowest BCUT2D eigenvalue weighted by atomic mass is 10.1. The van der Waals surface area contributed by atoms with Crippen molar-refractivity contribution < 1.29 is 19.1 Å². The standard InChI is InChI=1S/C23H28N2O4/c1-4-18-6-8-19(9-7-18)23(27)25-13-11-24(12-14-25)22(26)16-29-20-10-5-17(2)15-21(20)28-3/h5-10,15H,4,11-14,16H2,1-3H3. The molecule has 0 unspecified atom stereocenters. The number of nitrogens with zero attached hydrogens (tertiary/aromatic N) is 2. The molecule has 0 bridgehead atoms. The lowest BCUT2D eigenvalue weighted by Gasteiger charge is -2.34. The van der Waals surface area contributed by atoms with Crippen LogP contribution in [0.25, 0.3) is 0 Å². The Labute approximate surface area is 172 Å². The summed E-state index contributed by atoms with van der Waals surface area (Å²) in [6.45, 7) is 6.06. The number of carbonyl (C=O) groups is 2. The number of rotatable bonds is 6. The van der Waals surface area contributed by atoms with Crippen LogP contribution < -0.4 is 9.47 Å². The van der Waals surface area contributed by atoms with Gasteiger partial charge in [0.15, 0.2) is 18.1 Å². The van der Waals surface area contributed by atoms with Gasteiger partial charge in [0.25, 0.3) is 11.8 Å². The van der Waals surface area contributed by atoms with E-state index >= 15 is 0 Å². The smallest absolute Gasteiger partial charge is 0.260 e. The Bertz CT molecular complexity index is 856.